The van der Waals surface area contributed by atoms with Crippen LogP contribution in [0.4, 0.5) is 0 Å². The van der Waals surface area contributed by atoms with Crippen LogP contribution in [-0.2, 0) is 0 Å². The lowest BCUT2D eigenvalue weighted by Crippen LogP contribution is -2.43. The van der Waals surface area contributed by atoms with Crippen LogP contribution in [0.15, 0.2) is 0 Å². The lowest BCUT2D eigenvalue weighted by atomic mass is 10.1. The van der Waals surface area contributed by atoms with E-state index in [0.29, 0.717) is 0 Å². The quantitative estimate of drug-likeness (QED) is 0.573. The standard InChI is InChI=1S/C13H27NS/c1-2-3-4-5-6-7-8-9-15-12-13-10-14-11-13/h13-14H,2-12H2,1H3. The molecule has 0 aliphatic carbocycles. The molecule has 1 nitrogen and oxygen atoms in total. The fourth-order valence-corrected chi connectivity index (χ4v) is 3.02. The highest BCUT2D eigenvalue weighted by Crippen LogP contribution is 2.15. The Balaban J connectivity index is 1.66. The molecule has 1 N–H and O–H groups in total. The van der Waals surface area contributed by atoms with E-state index in [1.54, 1.807) is 0 Å². The third-order valence-electron chi connectivity index (χ3n) is 3.11. The van der Waals surface area contributed by atoms with Gasteiger partial charge in [0.25, 0.3) is 0 Å². The van der Waals surface area contributed by atoms with Gasteiger partial charge in [-0.15, -0.1) is 0 Å². The number of hydrogen-bond acceptors (Lipinski definition) is 2. The van der Waals surface area contributed by atoms with Gasteiger partial charge in [0.05, 0.1) is 0 Å². The van der Waals surface area contributed by atoms with Crippen molar-refractivity contribution in [3.05, 3.63) is 0 Å². The van der Waals surface area contributed by atoms with Gasteiger partial charge in [-0.25, -0.2) is 0 Å². The molecule has 0 unspecified atom stereocenters. The first-order valence-electron chi connectivity index (χ1n) is 6.72. The van der Waals surface area contributed by atoms with Gasteiger partial charge in [-0.2, -0.15) is 11.8 Å². The van der Waals surface area contributed by atoms with E-state index in [1.807, 2.05) is 0 Å². The highest BCUT2D eigenvalue weighted by Gasteiger charge is 2.15. The molecule has 0 atom stereocenters. The van der Waals surface area contributed by atoms with E-state index in [4.69, 9.17) is 0 Å². The minimum atomic E-state index is 0.986. The lowest BCUT2D eigenvalue weighted by Gasteiger charge is -2.26. The zero-order chi connectivity index (χ0) is 10.8. The van der Waals surface area contributed by atoms with E-state index in [0.717, 1.165) is 5.92 Å². The highest BCUT2D eigenvalue weighted by atomic mass is 32.2. The van der Waals surface area contributed by atoms with Gasteiger partial charge < -0.3 is 5.32 Å². The van der Waals surface area contributed by atoms with Crippen molar-refractivity contribution < 1.29 is 0 Å². The zero-order valence-corrected chi connectivity index (χ0v) is 11.1. The van der Waals surface area contributed by atoms with Crippen LogP contribution in [0.3, 0.4) is 0 Å². The normalized spacial score (nSPS) is 16.6. The second-order valence-corrected chi connectivity index (χ2v) is 5.87. The first kappa shape index (κ1) is 13.4. The van der Waals surface area contributed by atoms with Crippen molar-refractivity contribution in [2.75, 3.05) is 24.6 Å². The van der Waals surface area contributed by atoms with Gasteiger partial charge in [0.2, 0.25) is 0 Å². The van der Waals surface area contributed by atoms with Crippen molar-refractivity contribution >= 4 is 11.8 Å². The molecular formula is C13H27NS. The minimum Gasteiger partial charge on any atom is -0.316 e. The van der Waals surface area contributed by atoms with E-state index in [2.05, 4.69) is 24.0 Å². The van der Waals surface area contributed by atoms with Crippen LogP contribution in [0.1, 0.15) is 51.9 Å². The summed E-state index contributed by atoms with van der Waals surface area (Å²) in [6.45, 7) is 4.82. The van der Waals surface area contributed by atoms with Crippen LogP contribution >= 0.6 is 11.8 Å². The Morgan fingerprint density at radius 2 is 1.67 bits per heavy atom. The smallest absolute Gasteiger partial charge is 0.0000326 e. The van der Waals surface area contributed by atoms with E-state index >= 15 is 0 Å². The monoisotopic (exact) mass is 229 g/mol. The van der Waals surface area contributed by atoms with E-state index < -0.39 is 0 Å². The largest absolute Gasteiger partial charge is 0.316 e. The molecule has 1 saturated heterocycles. The summed E-state index contributed by atoms with van der Waals surface area (Å²) in [6.07, 6.45) is 10.1. The fraction of sp³-hybridized carbons (Fsp3) is 1.00. The molecule has 0 radical (unpaired) electrons. The molecule has 90 valence electrons. The van der Waals surface area contributed by atoms with Crippen LogP contribution in [0.25, 0.3) is 0 Å². The summed E-state index contributed by atoms with van der Waals surface area (Å²) in [6, 6.07) is 0. The highest BCUT2D eigenvalue weighted by molar-refractivity contribution is 7.99. The molecule has 15 heavy (non-hydrogen) atoms. The van der Waals surface area contributed by atoms with Crippen molar-refractivity contribution in [2.24, 2.45) is 5.92 Å². The molecule has 1 aliphatic heterocycles. The number of unbranched alkanes of at least 4 members (excludes halogenated alkanes) is 6. The molecule has 1 fully saturated rings. The van der Waals surface area contributed by atoms with Gasteiger partial charge in [-0.05, 0) is 36.9 Å². The summed E-state index contributed by atoms with van der Waals surface area (Å²) in [4.78, 5) is 0. The Kier molecular flexibility index (Phi) is 8.50. The van der Waals surface area contributed by atoms with E-state index in [9.17, 15) is 0 Å². The first-order valence-corrected chi connectivity index (χ1v) is 7.87. The van der Waals surface area contributed by atoms with Gasteiger partial charge in [0, 0.05) is 0 Å². The average molecular weight is 229 g/mol. The maximum absolute atomic E-state index is 3.33. The predicted molar refractivity (Wildman–Crippen MR) is 71.7 cm³/mol. The maximum atomic E-state index is 3.33. The molecule has 0 aromatic carbocycles. The van der Waals surface area contributed by atoms with E-state index in [-0.39, 0.29) is 0 Å². The molecule has 0 bridgehead atoms. The van der Waals surface area contributed by atoms with Crippen molar-refractivity contribution in [3.8, 4) is 0 Å². The molecule has 1 rings (SSSR count). The van der Waals surface area contributed by atoms with Gasteiger partial charge in [0.15, 0.2) is 0 Å². The lowest BCUT2D eigenvalue weighted by molar-refractivity contribution is 0.385. The van der Waals surface area contributed by atoms with Crippen molar-refractivity contribution in [3.63, 3.8) is 0 Å². The third-order valence-corrected chi connectivity index (χ3v) is 4.40. The Morgan fingerprint density at radius 1 is 1.00 bits per heavy atom. The second-order valence-electron chi connectivity index (χ2n) is 4.72. The molecule has 0 amide bonds. The van der Waals surface area contributed by atoms with Crippen LogP contribution in [0.5, 0.6) is 0 Å². The summed E-state index contributed by atoms with van der Waals surface area (Å²) in [5.41, 5.74) is 0. The molecule has 2 heteroatoms. The van der Waals surface area contributed by atoms with Crippen molar-refractivity contribution in [1.29, 1.82) is 0 Å². The molecular weight excluding hydrogens is 202 g/mol. The van der Waals surface area contributed by atoms with Crippen LogP contribution in [-0.4, -0.2) is 24.6 Å². The Morgan fingerprint density at radius 3 is 2.27 bits per heavy atom. The Hall–Kier alpha value is 0.310. The molecule has 0 saturated carbocycles. The summed E-state index contributed by atoms with van der Waals surface area (Å²) < 4.78 is 0. The Labute approximate surface area is 99.8 Å². The fourth-order valence-electron chi connectivity index (χ4n) is 1.88. The predicted octanol–water partition coefficient (Wildman–Crippen LogP) is 3.69. The minimum absolute atomic E-state index is 0.986. The molecule has 0 aromatic rings. The van der Waals surface area contributed by atoms with Crippen LogP contribution < -0.4 is 5.32 Å². The number of nitrogens with one attached hydrogen (secondary N) is 1. The summed E-state index contributed by atoms with van der Waals surface area (Å²) >= 11 is 2.17. The zero-order valence-electron chi connectivity index (χ0n) is 10.3. The van der Waals surface area contributed by atoms with Crippen molar-refractivity contribution in [1.82, 2.24) is 5.32 Å². The third kappa shape index (κ3) is 7.24. The van der Waals surface area contributed by atoms with Gasteiger partial charge in [0.1, 0.15) is 0 Å². The van der Waals surface area contributed by atoms with Gasteiger partial charge >= 0.3 is 0 Å². The average Bonchev–Trinajstić information content (AvgIpc) is 2.18. The summed E-state index contributed by atoms with van der Waals surface area (Å²) in [5.74, 6) is 3.77. The van der Waals surface area contributed by atoms with Crippen LogP contribution in [0.2, 0.25) is 0 Å². The van der Waals surface area contributed by atoms with Crippen molar-refractivity contribution in [2.45, 2.75) is 51.9 Å². The number of rotatable bonds is 10. The molecule has 1 heterocycles. The molecule has 0 spiro atoms. The molecule has 1 aliphatic rings. The van der Waals surface area contributed by atoms with Gasteiger partial charge in [-0.1, -0.05) is 45.4 Å². The summed E-state index contributed by atoms with van der Waals surface area (Å²) in [5, 5.41) is 3.33. The second kappa shape index (κ2) is 9.53. The number of hydrogen-bond donors (Lipinski definition) is 1. The van der Waals surface area contributed by atoms with Gasteiger partial charge in [-0.3, -0.25) is 0 Å². The number of thioether (sulfide) groups is 1. The first-order chi connectivity index (χ1) is 7.43. The topological polar surface area (TPSA) is 12.0 Å². The van der Waals surface area contributed by atoms with E-state index in [1.165, 1.54) is 69.5 Å². The van der Waals surface area contributed by atoms with Crippen LogP contribution in [0, 0.1) is 5.92 Å². The SMILES string of the molecule is CCCCCCCCCSCC1CNC1. The Bertz CT molecular complexity index is 134. The molecule has 0 aromatic heterocycles. The maximum Gasteiger partial charge on any atom is -0.0000326 e. The summed E-state index contributed by atoms with van der Waals surface area (Å²) in [7, 11) is 0.